The Bertz CT molecular complexity index is 532. The van der Waals surface area contributed by atoms with E-state index in [4.69, 9.17) is 9.47 Å². The molecular formula is C14H17NO5. The van der Waals surface area contributed by atoms with Gasteiger partial charge in [-0.15, -0.1) is 0 Å². The van der Waals surface area contributed by atoms with Crippen molar-refractivity contribution in [2.75, 3.05) is 13.2 Å². The van der Waals surface area contributed by atoms with Crippen LogP contribution in [0.1, 0.15) is 15.9 Å². The lowest BCUT2D eigenvalue weighted by Gasteiger charge is -2.18. The van der Waals surface area contributed by atoms with Gasteiger partial charge in [-0.25, -0.2) is 0 Å². The molecular weight excluding hydrogens is 262 g/mol. The fourth-order valence-corrected chi connectivity index (χ4v) is 2.70. The number of amides is 1. The molecule has 1 aromatic rings. The van der Waals surface area contributed by atoms with E-state index in [1.165, 1.54) is 12.1 Å². The molecule has 108 valence electrons. The number of ether oxygens (including phenoxy) is 2. The Morgan fingerprint density at radius 1 is 1.30 bits per heavy atom. The van der Waals surface area contributed by atoms with Crippen molar-refractivity contribution < 1.29 is 24.5 Å². The van der Waals surface area contributed by atoms with Crippen LogP contribution in [-0.4, -0.2) is 53.7 Å². The number of hydrogen-bond acceptors (Lipinski definition) is 5. The number of phenols is 1. The number of phenolic OH excluding ortho intramolecular Hbond substituents is 1. The van der Waals surface area contributed by atoms with Crippen molar-refractivity contribution >= 4 is 5.91 Å². The molecule has 0 aromatic heterocycles. The van der Waals surface area contributed by atoms with Gasteiger partial charge in [0.05, 0.1) is 19.3 Å². The number of nitrogens with one attached hydrogen (secondary N) is 1. The summed E-state index contributed by atoms with van der Waals surface area (Å²) in [6.07, 6.45) is -1.32. The van der Waals surface area contributed by atoms with Crippen molar-refractivity contribution in [1.29, 1.82) is 0 Å². The van der Waals surface area contributed by atoms with E-state index in [0.29, 0.717) is 12.2 Å². The number of hydrogen-bond donors (Lipinski definition) is 3. The van der Waals surface area contributed by atoms with Crippen LogP contribution in [0.5, 0.6) is 5.75 Å². The van der Waals surface area contributed by atoms with Gasteiger partial charge in [-0.2, -0.15) is 0 Å². The van der Waals surface area contributed by atoms with Crippen molar-refractivity contribution in [3.63, 3.8) is 0 Å². The predicted octanol–water partition coefficient (Wildman–Crippen LogP) is -0.0425. The Balaban J connectivity index is 1.72. The van der Waals surface area contributed by atoms with Crippen LogP contribution in [0.3, 0.4) is 0 Å². The van der Waals surface area contributed by atoms with Crippen LogP contribution in [-0.2, 0) is 9.47 Å². The number of aliphatic hydroxyl groups excluding tert-OH is 1. The maximum Gasteiger partial charge on any atom is 0.252 e. The molecule has 6 nitrogen and oxygen atoms in total. The van der Waals surface area contributed by atoms with Gasteiger partial charge in [-0.05, 0) is 24.6 Å². The van der Waals surface area contributed by atoms with Gasteiger partial charge in [0.15, 0.2) is 0 Å². The molecule has 0 saturated carbocycles. The predicted molar refractivity (Wildman–Crippen MR) is 69.6 cm³/mol. The van der Waals surface area contributed by atoms with E-state index in [1.54, 1.807) is 13.0 Å². The summed E-state index contributed by atoms with van der Waals surface area (Å²) in [7, 11) is 0. The largest absolute Gasteiger partial charge is 0.508 e. The number of aryl methyl sites for hydroxylation is 1. The average molecular weight is 279 g/mol. The number of benzene rings is 1. The van der Waals surface area contributed by atoms with Crippen LogP contribution in [0.25, 0.3) is 0 Å². The summed E-state index contributed by atoms with van der Waals surface area (Å²) in [4.78, 5) is 12.2. The third kappa shape index (κ3) is 2.26. The number of aromatic hydroxyl groups is 1. The van der Waals surface area contributed by atoms with E-state index in [0.717, 1.165) is 5.56 Å². The van der Waals surface area contributed by atoms with E-state index in [2.05, 4.69) is 5.32 Å². The van der Waals surface area contributed by atoms with E-state index >= 15 is 0 Å². The molecule has 1 amide bonds. The summed E-state index contributed by atoms with van der Waals surface area (Å²) >= 11 is 0. The zero-order valence-electron chi connectivity index (χ0n) is 11.1. The van der Waals surface area contributed by atoms with E-state index < -0.39 is 6.10 Å². The van der Waals surface area contributed by atoms with Gasteiger partial charge in [0.1, 0.15) is 24.1 Å². The third-order valence-corrected chi connectivity index (χ3v) is 3.81. The second-order valence-corrected chi connectivity index (χ2v) is 5.24. The molecule has 0 aliphatic carbocycles. The molecule has 0 spiro atoms. The summed E-state index contributed by atoms with van der Waals surface area (Å²) in [5, 5.41) is 22.0. The molecule has 0 unspecified atom stereocenters. The first-order valence-corrected chi connectivity index (χ1v) is 6.58. The van der Waals surface area contributed by atoms with E-state index in [9.17, 15) is 15.0 Å². The Labute approximate surface area is 116 Å². The molecule has 0 radical (unpaired) electrons. The van der Waals surface area contributed by atoms with Crippen LogP contribution in [0, 0.1) is 6.92 Å². The third-order valence-electron chi connectivity index (χ3n) is 3.81. The van der Waals surface area contributed by atoms with Crippen molar-refractivity contribution in [2.45, 2.75) is 31.3 Å². The highest BCUT2D eigenvalue weighted by Gasteiger charge is 2.47. The van der Waals surface area contributed by atoms with Crippen LogP contribution < -0.4 is 5.32 Å². The minimum Gasteiger partial charge on any atom is -0.508 e. The molecule has 0 bridgehead atoms. The second-order valence-electron chi connectivity index (χ2n) is 5.24. The normalized spacial score (nSPS) is 32.1. The van der Waals surface area contributed by atoms with Gasteiger partial charge in [0, 0.05) is 5.56 Å². The molecule has 4 atom stereocenters. The minimum atomic E-state index is -0.635. The van der Waals surface area contributed by atoms with Crippen LogP contribution in [0.2, 0.25) is 0 Å². The van der Waals surface area contributed by atoms with Crippen molar-refractivity contribution in [2.24, 2.45) is 0 Å². The van der Waals surface area contributed by atoms with Gasteiger partial charge >= 0.3 is 0 Å². The van der Waals surface area contributed by atoms with Gasteiger partial charge < -0.3 is 25.0 Å². The molecule has 1 aromatic carbocycles. The minimum absolute atomic E-state index is 0.0498. The van der Waals surface area contributed by atoms with Gasteiger partial charge in [0.25, 0.3) is 5.91 Å². The highest BCUT2D eigenvalue weighted by atomic mass is 16.6. The standard InChI is InChI=1S/C14H17NO5/c1-7-2-3-8(16)4-9(7)14(18)15-10-5-19-13-11(17)6-20-12(10)13/h2-4,10-13,16-17H,5-6H2,1H3,(H,15,18)/t10-,11+,12+,13+/m0/s1. The van der Waals surface area contributed by atoms with Crippen molar-refractivity contribution in [3.8, 4) is 5.75 Å². The van der Waals surface area contributed by atoms with E-state index in [1.807, 2.05) is 0 Å². The lowest BCUT2D eigenvalue weighted by atomic mass is 10.1. The number of carbonyl (C=O) groups is 1. The van der Waals surface area contributed by atoms with Crippen LogP contribution in [0.4, 0.5) is 0 Å². The molecule has 2 fully saturated rings. The SMILES string of the molecule is Cc1ccc(O)cc1C(=O)N[C@H]1CO[C@H]2[C@@H]1OC[C@H]2O. The molecule has 2 heterocycles. The highest BCUT2D eigenvalue weighted by Crippen LogP contribution is 2.27. The maximum atomic E-state index is 12.2. The second kappa shape index (κ2) is 5.05. The topological polar surface area (TPSA) is 88.0 Å². The Kier molecular flexibility index (Phi) is 3.37. The number of aliphatic hydroxyl groups is 1. The Morgan fingerprint density at radius 3 is 2.85 bits per heavy atom. The first kappa shape index (κ1) is 13.4. The molecule has 3 rings (SSSR count). The zero-order valence-corrected chi connectivity index (χ0v) is 11.1. The summed E-state index contributed by atoms with van der Waals surface area (Å²) in [5.74, 6) is -0.230. The monoisotopic (exact) mass is 279 g/mol. The van der Waals surface area contributed by atoms with Gasteiger partial charge in [-0.3, -0.25) is 4.79 Å². The summed E-state index contributed by atoms with van der Waals surface area (Å²) in [6, 6.07) is 4.37. The molecule has 2 aliphatic rings. The molecule has 20 heavy (non-hydrogen) atoms. The zero-order chi connectivity index (χ0) is 14.3. The molecule has 3 N–H and O–H groups in total. The summed E-state index contributed by atoms with van der Waals surface area (Å²) in [6.45, 7) is 2.35. The first-order chi connectivity index (χ1) is 9.56. The molecule has 6 heteroatoms. The van der Waals surface area contributed by atoms with Crippen LogP contribution in [0.15, 0.2) is 18.2 Å². The van der Waals surface area contributed by atoms with E-state index in [-0.39, 0.29) is 36.5 Å². The lowest BCUT2D eigenvalue weighted by Crippen LogP contribution is -2.44. The number of carbonyl (C=O) groups excluding carboxylic acids is 1. The fourth-order valence-electron chi connectivity index (χ4n) is 2.70. The summed E-state index contributed by atoms with van der Waals surface area (Å²) < 4.78 is 10.9. The van der Waals surface area contributed by atoms with Gasteiger partial charge in [-0.1, -0.05) is 6.07 Å². The summed E-state index contributed by atoms with van der Waals surface area (Å²) in [5.41, 5.74) is 1.20. The van der Waals surface area contributed by atoms with Gasteiger partial charge in [0.2, 0.25) is 0 Å². The van der Waals surface area contributed by atoms with Crippen LogP contribution >= 0.6 is 0 Å². The Morgan fingerprint density at radius 2 is 2.05 bits per heavy atom. The molecule has 2 saturated heterocycles. The molecule has 2 aliphatic heterocycles. The number of fused-ring (bicyclic) bond motifs is 1. The highest BCUT2D eigenvalue weighted by molar-refractivity contribution is 5.96. The Hall–Kier alpha value is -1.63. The van der Waals surface area contributed by atoms with Crippen molar-refractivity contribution in [1.82, 2.24) is 5.32 Å². The first-order valence-electron chi connectivity index (χ1n) is 6.58. The van der Waals surface area contributed by atoms with Crippen molar-refractivity contribution in [3.05, 3.63) is 29.3 Å². The smallest absolute Gasteiger partial charge is 0.252 e. The average Bonchev–Trinajstić information content (AvgIpc) is 2.97. The number of rotatable bonds is 2. The fraction of sp³-hybridized carbons (Fsp3) is 0.500. The lowest BCUT2D eigenvalue weighted by molar-refractivity contribution is 0.0178. The quantitative estimate of drug-likeness (QED) is 0.707. The maximum absolute atomic E-state index is 12.2.